The minimum absolute atomic E-state index is 0.149. The summed E-state index contributed by atoms with van der Waals surface area (Å²) in [6, 6.07) is 6.76. The van der Waals surface area contributed by atoms with Crippen LogP contribution in [-0.4, -0.2) is 67.3 Å². The van der Waals surface area contributed by atoms with Crippen molar-refractivity contribution in [2.75, 3.05) is 46.6 Å². The number of rotatable bonds is 5. The van der Waals surface area contributed by atoms with Crippen molar-refractivity contribution in [3.63, 3.8) is 0 Å². The number of methoxy groups -OCH3 is 1. The van der Waals surface area contributed by atoms with E-state index in [1.807, 2.05) is 6.07 Å². The van der Waals surface area contributed by atoms with Gasteiger partial charge in [-0.1, -0.05) is 0 Å². The number of hydrogen-bond donors (Lipinski definition) is 1. The third-order valence-corrected chi connectivity index (χ3v) is 5.57. The number of halogens is 1. The molecule has 7 heteroatoms. The van der Waals surface area contributed by atoms with Crippen molar-refractivity contribution in [1.82, 2.24) is 9.88 Å². The van der Waals surface area contributed by atoms with E-state index < -0.39 is 5.79 Å². The van der Waals surface area contributed by atoms with Gasteiger partial charge in [0.05, 0.1) is 32.4 Å². The lowest BCUT2D eigenvalue weighted by Gasteiger charge is -2.38. The summed E-state index contributed by atoms with van der Waals surface area (Å²) < 4.78 is 31.5. The van der Waals surface area contributed by atoms with E-state index in [4.69, 9.17) is 14.2 Å². The van der Waals surface area contributed by atoms with Gasteiger partial charge in [0.1, 0.15) is 5.82 Å². The number of piperidine rings is 1. The Bertz CT molecular complexity index is 800. The van der Waals surface area contributed by atoms with Gasteiger partial charge in [0.25, 0.3) is 0 Å². The third kappa shape index (κ3) is 3.65. The van der Waals surface area contributed by atoms with E-state index >= 15 is 0 Å². The lowest BCUT2D eigenvalue weighted by Crippen LogP contribution is -2.46. The molecule has 2 saturated heterocycles. The smallest absolute Gasteiger partial charge is 0.213 e. The quantitative estimate of drug-likeness (QED) is 0.864. The Labute approximate surface area is 157 Å². The van der Waals surface area contributed by atoms with Crippen molar-refractivity contribution >= 4 is 10.9 Å². The first kappa shape index (κ1) is 18.6. The molecule has 4 rings (SSSR count). The summed E-state index contributed by atoms with van der Waals surface area (Å²) >= 11 is 0. The molecule has 0 saturated carbocycles. The molecular weight excluding hydrogens is 351 g/mol. The molecule has 27 heavy (non-hydrogen) atoms. The molecule has 0 bridgehead atoms. The Morgan fingerprint density at radius 2 is 1.93 bits per heavy atom. The summed E-state index contributed by atoms with van der Waals surface area (Å²) in [5.41, 5.74) is 0.992. The number of aliphatic hydroxyl groups is 1. The molecule has 6 nitrogen and oxygen atoms in total. The van der Waals surface area contributed by atoms with Gasteiger partial charge in [0.15, 0.2) is 5.79 Å². The maximum absolute atomic E-state index is 14.7. The van der Waals surface area contributed by atoms with Crippen LogP contribution in [0.2, 0.25) is 0 Å². The van der Waals surface area contributed by atoms with Gasteiger partial charge in [0.2, 0.25) is 5.88 Å². The number of ether oxygens (including phenoxy) is 3. The van der Waals surface area contributed by atoms with Gasteiger partial charge < -0.3 is 24.2 Å². The van der Waals surface area contributed by atoms with Crippen molar-refractivity contribution in [2.45, 2.75) is 24.5 Å². The molecule has 2 aromatic rings. The lowest BCUT2D eigenvalue weighted by atomic mass is 9.94. The predicted octanol–water partition coefficient (Wildman–Crippen LogP) is 2.30. The zero-order valence-corrected chi connectivity index (χ0v) is 15.5. The molecule has 0 amide bonds. The fourth-order valence-electron chi connectivity index (χ4n) is 4.08. The average molecular weight is 376 g/mol. The Balaban J connectivity index is 1.56. The molecule has 1 spiro atoms. The van der Waals surface area contributed by atoms with Gasteiger partial charge in [-0.15, -0.1) is 0 Å². The SMILES string of the molecule is COc1ccc2ccc(F)c(C(CO)CN3CCC4(CC3)OCCO4)c2n1. The molecule has 2 fully saturated rings. The van der Waals surface area contributed by atoms with Crippen molar-refractivity contribution < 1.29 is 23.7 Å². The number of likely N-dealkylation sites (tertiary alicyclic amines) is 1. The maximum Gasteiger partial charge on any atom is 0.213 e. The number of hydrogen-bond acceptors (Lipinski definition) is 6. The van der Waals surface area contributed by atoms with Crippen molar-refractivity contribution in [1.29, 1.82) is 0 Å². The van der Waals surface area contributed by atoms with Crippen molar-refractivity contribution in [3.8, 4) is 5.88 Å². The summed E-state index contributed by atoms with van der Waals surface area (Å²) in [4.78, 5) is 6.67. The molecule has 1 aromatic carbocycles. The molecule has 2 aliphatic heterocycles. The molecule has 1 atom stereocenters. The minimum atomic E-state index is -0.440. The normalized spacial score (nSPS) is 21.0. The van der Waals surface area contributed by atoms with Crippen LogP contribution in [0.5, 0.6) is 5.88 Å². The largest absolute Gasteiger partial charge is 0.481 e. The molecule has 0 radical (unpaired) electrons. The summed E-state index contributed by atoms with van der Waals surface area (Å²) in [6.07, 6.45) is 1.57. The number of benzene rings is 1. The lowest BCUT2D eigenvalue weighted by molar-refractivity contribution is -0.185. The van der Waals surface area contributed by atoms with Crippen LogP contribution < -0.4 is 4.74 Å². The fourth-order valence-corrected chi connectivity index (χ4v) is 4.08. The monoisotopic (exact) mass is 376 g/mol. The topological polar surface area (TPSA) is 64.1 Å². The Morgan fingerprint density at radius 1 is 1.22 bits per heavy atom. The summed E-state index contributed by atoms with van der Waals surface area (Å²) in [7, 11) is 1.54. The first-order valence-electron chi connectivity index (χ1n) is 9.38. The number of aliphatic hydroxyl groups excluding tert-OH is 1. The van der Waals surface area contributed by atoms with E-state index in [1.165, 1.54) is 13.2 Å². The fraction of sp³-hybridized carbons (Fsp3) is 0.550. The van der Waals surface area contributed by atoms with E-state index in [0.29, 0.717) is 36.7 Å². The van der Waals surface area contributed by atoms with Crippen LogP contribution in [0.1, 0.15) is 24.3 Å². The molecule has 1 N–H and O–H groups in total. The summed E-state index contributed by atoms with van der Waals surface area (Å²) in [5.74, 6) is -0.724. The molecular formula is C20H25FN2O4. The average Bonchev–Trinajstić information content (AvgIpc) is 3.16. The molecule has 2 aliphatic rings. The van der Waals surface area contributed by atoms with Crippen LogP contribution in [0.25, 0.3) is 10.9 Å². The highest BCUT2D eigenvalue weighted by molar-refractivity contribution is 5.83. The number of aromatic nitrogens is 1. The highest BCUT2D eigenvalue weighted by atomic mass is 19.1. The highest BCUT2D eigenvalue weighted by Gasteiger charge is 2.40. The van der Waals surface area contributed by atoms with Gasteiger partial charge in [-0.05, 0) is 18.2 Å². The zero-order chi connectivity index (χ0) is 18.9. The second-order valence-corrected chi connectivity index (χ2v) is 7.17. The number of nitrogens with zero attached hydrogens (tertiary/aromatic N) is 2. The van der Waals surface area contributed by atoms with Gasteiger partial charge >= 0.3 is 0 Å². The van der Waals surface area contributed by atoms with Crippen LogP contribution in [0.15, 0.2) is 24.3 Å². The first-order valence-corrected chi connectivity index (χ1v) is 9.38. The number of pyridine rings is 1. The van der Waals surface area contributed by atoms with E-state index in [9.17, 15) is 9.50 Å². The minimum Gasteiger partial charge on any atom is -0.481 e. The molecule has 3 heterocycles. The van der Waals surface area contributed by atoms with Crippen LogP contribution in [0.4, 0.5) is 4.39 Å². The van der Waals surface area contributed by atoms with E-state index in [1.54, 1.807) is 12.1 Å². The molecule has 146 valence electrons. The Kier molecular flexibility index (Phi) is 5.27. The van der Waals surface area contributed by atoms with Gasteiger partial charge in [0, 0.05) is 55.4 Å². The molecule has 1 unspecified atom stereocenters. The highest BCUT2D eigenvalue weighted by Crippen LogP contribution is 2.34. The van der Waals surface area contributed by atoms with Gasteiger partial charge in [-0.2, -0.15) is 0 Å². The van der Waals surface area contributed by atoms with E-state index in [-0.39, 0.29) is 18.3 Å². The third-order valence-electron chi connectivity index (χ3n) is 5.57. The Morgan fingerprint density at radius 3 is 2.59 bits per heavy atom. The van der Waals surface area contributed by atoms with Crippen molar-refractivity contribution in [2.24, 2.45) is 0 Å². The Hall–Kier alpha value is -1.80. The van der Waals surface area contributed by atoms with Crippen LogP contribution in [-0.2, 0) is 9.47 Å². The first-order chi connectivity index (χ1) is 13.1. The predicted molar refractivity (Wildman–Crippen MR) is 98.4 cm³/mol. The molecule has 1 aromatic heterocycles. The van der Waals surface area contributed by atoms with E-state index in [0.717, 1.165) is 31.3 Å². The summed E-state index contributed by atoms with van der Waals surface area (Å²) in [6.45, 7) is 3.28. The van der Waals surface area contributed by atoms with Gasteiger partial charge in [-0.25, -0.2) is 9.37 Å². The second kappa shape index (κ2) is 7.67. The number of fused-ring (bicyclic) bond motifs is 1. The summed E-state index contributed by atoms with van der Waals surface area (Å²) in [5, 5.41) is 10.9. The maximum atomic E-state index is 14.7. The van der Waals surface area contributed by atoms with Gasteiger partial charge in [-0.3, -0.25) is 0 Å². The van der Waals surface area contributed by atoms with Crippen LogP contribution in [0.3, 0.4) is 0 Å². The standard InChI is InChI=1S/C20H25FN2O4/c1-25-17-5-3-14-2-4-16(21)18(19(14)22-17)15(13-24)12-23-8-6-20(7-9-23)26-10-11-27-20/h2-5,15,24H,6-13H2,1H3. The zero-order valence-electron chi connectivity index (χ0n) is 15.5. The van der Waals surface area contributed by atoms with Crippen LogP contribution in [0, 0.1) is 5.82 Å². The van der Waals surface area contributed by atoms with Crippen molar-refractivity contribution in [3.05, 3.63) is 35.6 Å². The van der Waals surface area contributed by atoms with E-state index in [2.05, 4.69) is 9.88 Å². The molecule has 0 aliphatic carbocycles. The second-order valence-electron chi connectivity index (χ2n) is 7.17. The van der Waals surface area contributed by atoms with Crippen LogP contribution >= 0.6 is 0 Å².